The SMILES string of the molecule is O=C1C=C(O)C(=O)C=C1O.O=C1C=C(O)C(=O)C=C1O. The Morgan fingerprint density at radius 2 is 0.600 bits per heavy atom. The summed E-state index contributed by atoms with van der Waals surface area (Å²) in [5, 5.41) is 34.4. The van der Waals surface area contributed by atoms with E-state index >= 15 is 0 Å². The highest BCUT2D eigenvalue weighted by molar-refractivity contribution is 6.18. The number of allylic oxidation sites excluding steroid dienone is 4. The summed E-state index contributed by atoms with van der Waals surface area (Å²) in [5.41, 5.74) is 0. The van der Waals surface area contributed by atoms with Crippen molar-refractivity contribution in [2.75, 3.05) is 0 Å². The Kier molecular flexibility index (Phi) is 4.21. The van der Waals surface area contributed by atoms with Crippen LogP contribution in [-0.2, 0) is 19.2 Å². The van der Waals surface area contributed by atoms with Crippen molar-refractivity contribution in [3.05, 3.63) is 47.3 Å². The lowest BCUT2D eigenvalue weighted by atomic mass is 10.1. The van der Waals surface area contributed by atoms with Crippen LogP contribution in [0.3, 0.4) is 0 Å². The number of carbonyl (C=O) groups excluding carboxylic acids is 4. The molecule has 0 aromatic heterocycles. The molecule has 4 N–H and O–H groups in total. The minimum atomic E-state index is -0.753. The Morgan fingerprint density at radius 1 is 0.450 bits per heavy atom. The van der Waals surface area contributed by atoms with E-state index in [0.717, 1.165) is 0 Å². The van der Waals surface area contributed by atoms with E-state index in [4.69, 9.17) is 20.4 Å². The molecule has 0 fully saturated rings. The Balaban J connectivity index is 0.000000200. The second-order valence-electron chi connectivity index (χ2n) is 3.58. The third-order valence-electron chi connectivity index (χ3n) is 2.08. The van der Waals surface area contributed by atoms with Crippen LogP contribution in [0.4, 0.5) is 0 Å². The van der Waals surface area contributed by atoms with Crippen LogP contribution >= 0.6 is 0 Å². The van der Waals surface area contributed by atoms with Gasteiger partial charge in [-0.1, -0.05) is 0 Å². The molecule has 2 aliphatic carbocycles. The van der Waals surface area contributed by atoms with Gasteiger partial charge in [0.1, 0.15) is 0 Å². The average Bonchev–Trinajstić information content (AvgIpc) is 2.35. The van der Waals surface area contributed by atoms with E-state index in [1.807, 2.05) is 0 Å². The molecule has 2 aliphatic rings. The van der Waals surface area contributed by atoms with Crippen molar-refractivity contribution in [1.29, 1.82) is 0 Å². The molecule has 0 bridgehead atoms. The van der Waals surface area contributed by atoms with Crippen LogP contribution in [0, 0.1) is 0 Å². The fourth-order valence-corrected chi connectivity index (χ4v) is 1.08. The fraction of sp³-hybridized carbons (Fsp3) is 0. The van der Waals surface area contributed by atoms with E-state index in [0.29, 0.717) is 24.3 Å². The second kappa shape index (κ2) is 5.65. The number of hydrogen-bond acceptors (Lipinski definition) is 8. The van der Waals surface area contributed by atoms with Crippen LogP contribution < -0.4 is 0 Å². The second-order valence-corrected chi connectivity index (χ2v) is 3.58. The number of aliphatic hydroxyl groups is 4. The highest BCUT2D eigenvalue weighted by Gasteiger charge is 2.18. The van der Waals surface area contributed by atoms with Gasteiger partial charge in [0.2, 0.25) is 23.1 Å². The summed E-state index contributed by atoms with van der Waals surface area (Å²) in [7, 11) is 0. The van der Waals surface area contributed by atoms with E-state index in [1.165, 1.54) is 0 Å². The molecule has 8 heteroatoms. The molecular formula is C12H8O8. The zero-order valence-corrected chi connectivity index (χ0v) is 9.73. The lowest BCUT2D eigenvalue weighted by Crippen LogP contribution is -2.12. The minimum absolute atomic E-state index is 0.636. The first-order valence-corrected chi connectivity index (χ1v) is 5.02. The zero-order chi connectivity index (χ0) is 15.4. The van der Waals surface area contributed by atoms with Crippen LogP contribution in [0.5, 0.6) is 0 Å². The molecular weight excluding hydrogens is 272 g/mol. The predicted molar refractivity (Wildman–Crippen MR) is 62.9 cm³/mol. The monoisotopic (exact) mass is 280 g/mol. The van der Waals surface area contributed by atoms with E-state index in [2.05, 4.69) is 0 Å². The molecule has 8 nitrogen and oxygen atoms in total. The number of aliphatic hydroxyl groups excluding tert-OH is 4. The lowest BCUT2D eigenvalue weighted by Gasteiger charge is -2.00. The van der Waals surface area contributed by atoms with Gasteiger partial charge in [0.05, 0.1) is 0 Å². The minimum Gasteiger partial charge on any atom is -0.504 e. The van der Waals surface area contributed by atoms with Crippen molar-refractivity contribution in [2.45, 2.75) is 0 Å². The third kappa shape index (κ3) is 3.42. The third-order valence-corrected chi connectivity index (χ3v) is 2.08. The van der Waals surface area contributed by atoms with Crippen molar-refractivity contribution < 1.29 is 39.6 Å². The number of carbonyl (C=O) groups is 4. The predicted octanol–water partition coefficient (Wildman–Crippen LogP) is 0.0440. The first kappa shape index (κ1) is 14.9. The van der Waals surface area contributed by atoms with Crippen molar-refractivity contribution in [3.8, 4) is 0 Å². The van der Waals surface area contributed by atoms with Gasteiger partial charge in [-0.05, 0) is 0 Å². The van der Waals surface area contributed by atoms with Gasteiger partial charge in [0, 0.05) is 24.3 Å². The Bertz CT molecular complexity index is 518. The maximum atomic E-state index is 10.4. The molecule has 0 radical (unpaired) electrons. The molecule has 0 aliphatic heterocycles. The van der Waals surface area contributed by atoms with Crippen LogP contribution in [0.1, 0.15) is 0 Å². The smallest absolute Gasteiger partial charge is 0.224 e. The fourth-order valence-electron chi connectivity index (χ4n) is 1.08. The number of rotatable bonds is 0. The van der Waals surface area contributed by atoms with Crippen LogP contribution in [0.15, 0.2) is 47.3 Å². The van der Waals surface area contributed by atoms with Crippen LogP contribution in [0.2, 0.25) is 0 Å². The number of hydrogen-bond donors (Lipinski definition) is 4. The molecule has 20 heavy (non-hydrogen) atoms. The lowest BCUT2D eigenvalue weighted by molar-refractivity contribution is -0.118. The molecule has 0 aromatic carbocycles. The summed E-state index contributed by atoms with van der Waals surface area (Å²) in [6.45, 7) is 0. The molecule has 0 saturated heterocycles. The Morgan fingerprint density at radius 3 is 0.750 bits per heavy atom. The summed E-state index contributed by atoms with van der Waals surface area (Å²) in [4.78, 5) is 41.8. The van der Waals surface area contributed by atoms with Crippen molar-refractivity contribution in [1.82, 2.24) is 0 Å². The van der Waals surface area contributed by atoms with Crippen molar-refractivity contribution in [3.63, 3.8) is 0 Å². The van der Waals surface area contributed by atoms with Crippen LogP contribution in [0.25, 0.3) is 0 Å². The molecule has 0 saturated carbocycles. The van der Waals surface area contributed by atoms with Gasteiger partial charge < -0.3 is 20.4 Å². The average molecular weight is 280 g/mol. The Labute approximate surface area is 111 Å². The van der Waals surface area contributed by atoms with Gasteiger partial charge in [-0.15, -0.1) is 0 Å². The summed E-state index contributed by atoms with van der Waals surface area (Å²) in [6, 6.07) is 0. The molecule has 0 atom stereocenters. The standard InChI is InChI=1S/2C6H4O4/c2*7-3-1-4(8)6(10)2-5(3)9/h2*1-2,7,10H. The highest BCUT2D eigenvalue weighted by atomic mass is 16.3. The van der Waals surface area contributed by atoms with Gasteiger partial charge in [-0.2, -0.15) is 0 Å². The normalized spacial score (nSPS) is 18.4. The molecule has 0 aromatic rings. The molecule has 0 heterocycles. The topological polar surface area (TPSA) is 149 Å². The first-order chi connectivity index (χ1) is 9.22. The molecule has 2 rings (SSSR count). The van der Waals surface area contributed by atoms with Gasteiger partial charge in [0.25, 0.3) is 0 Å². The molecule has 0 unspecified atom stereocenters. The highest BCUT2D eigenvalue weighted by Crippen LogP contribution is 2.06. The quantitative estimate of drug-likeness (QED) is 0.454. The largest absolute Gasteiger partial charge is 0.504 e. The van der Waals surface area contributed by atoms with Crippen LogP contribution in [-0.4, -0.2) is 43.6 Å². The maximum absolute atomic E-state index is 10.4. The summed E-state index contributed by atoms with van der Waals surface area (Å²) in [5.74, 6) is -5.56. The van der Waals surface area contributed by atoms with E-state index in [1.54, 1.807) is 0 Å². The zero-order valence-electron chi connectivity index (χ0n) is 9.73. The molecule has 0 spiro atoms. The van der Waals surface area contributed by atoms with Gasteiger partial charge in [-0.3, -0.25) is 19.2 Å². The summed E-state index contributed by atoms with van der Waals surface area (Å²) < 4.78 is 0. The van der Waals surface area contributed by atoms with Crippen molar-refractivity contribution >= 4 is 23.1 Å². The first-order valence-electron chi connectivity index (χ1n) is 5.02. The van der Waals surface area contributed by atoms with Gasteiger partial charge in [0.15, 0.2) is 23.0 Å². The molecule has 0 amide bonds. The maximum Gasteiger partial charge on any atom is 0.224 e. The Hall–Kier alpha value is -3.16. The van der Waals surface area contributed by atoms with E-state index in [9.17, 15) is 19.2 Å². The van der Waals surface area contributed by atoms with Crippen molar-refractivity contribution in [2.24, 2.45) is 0 Å². The van der Waals surface area contributed by atoms with E-state index in [-0.39, 0.29) is 0 Å². The summed E-state index contributed by atoms with van der Waals surface area (Å²) >= 11 is 0. The van der Waals surface area contributed by atoms with E-state index < -0.39 is 46.2 Å². The van der Waals surface area contributed by atoms with Gasteiger partial charge >= 0.3 is 0 Å². The van der Waals surface area contributed by atoms with Gasteiger partial charge in [-0.25, -0.2) is 0 Å². The molecule has 104 valence electrons. The summed E-state index contributed by atoms with van der Waals surface area (Å²) in [6.07, 6.45) is 2.71. The number of ketones is 4.